The fourth-order valence-corrected chi connectivity index (χ4v) is 8.54. The fraction of sp³-hybridized carbons (Fsp3) is 0.100. The standard InChI is InChI=1S/C24H20P.C6H10N6O3.2O.V/c1-5-13-21(14-6-1)25(22-15-7-2-8-16-22,23-17-9-3-10-18-23)24-19-11-4-12-20-24;1-10(13)4-7-5(11(2)14)9-6(8-4)12(3)15;;;/h1-20H;13H,1-3H3;;;/q+1;3*-2;. The van der Waals surface area contributed by atoms with Gasteiger partial charge in [0.15, 0.2) is 0 Å². The molecule has 0 atom stereocenters. The average molecular weight is 637 g/mol. The number of hydrogen-bond acceptors (Lipinski definition) is 9. The minimum Gasteiger partial charge on any atom is -2.00 e. The van der Waals surface area contributed by atoms with Crippen LogP contribution < -0.4 is 36.4 Å². The zero-order chi connectivity index (χ0) is 28.5. The molecule has 225 valence electrons. The molecule has 1 aromatic heterocycles. The van der Waals surface area contributed by atoms with E-state index in [4.69, 9.17) is 5.21 Å². The van der Waals surface area contributed by atoms with Gasteiger partial charge in [-0.2, -0.15) is 15.0 Å². The summed E-state index contributed by atoms with van der Waals surface area (Å²) in [4.78, 5) is 10.8. The summed E-state index contributed by atoms with van der Waals surface area (Å²) >= 11 is 0. The van der Waals surface area contributed by atoms with Crippen molar-refractivity contribution in [2.24, 2.45) is 0 Å². The van der Waals surface area contributed by atoms with Crippen molar-refractivity contribution in [1.29, 1.82) is 0 Å². The van der Waals surface area contributed by atoms with Crippen LogP contribution in [0.15, 0.2) is 121 Å². The Morgan fingerprint density at radius 3 is 0.930 bits per heavy atom. The number of rotatable bonds is 7. The average Bonchev–Trinajstić information content (AvgIpc) is 3.00. The molecule has 0 saturated carbocycles. The van der Waals surface area contributed by atoms with Gasteiger partial charge >= 0.3 is 0 Å². The Balaban J connectivity index is 0.000000450. The second kappa shape index (κ2) is 17.3. The first-order chi connectivity index (χ1) is 19.3. The minimum absolute atomic E-state index is 0. The molecule has 1 heterocycles. The van der Waals surface area contributed by atoms with E-state index in [2.05, 4.69) is 136 Å². The molecular weight excluding hydrogens is 606 g/mol. The Hall–Kier alpha value is -3.90. The van der Waals surface area contributed by atoms with Gasteiger partial charge in [0.25, 0.3) is 5.95 Å². The molecule has 5 rings (SSSR count). The first-order valence-electron chi connectivity index (χ1n) is 12.5. The molecule has 1 radical (unpaired) electrons. The van der Waals surface area contributed by atoms with Crippen molar-refractivity contribution >= 4 is 46.3 Å². The van der Waals surface area contributed by atoms with E-state index in [0.29, 0.717) is 15.2 Å². The quantitative estimate of drug-likeness (QED) is 0.207. The molecule has 5 aromatic rings. The van der Waals surface area contributed by atoms with Gasteiger partial charge in [-0.3, -0.25) is 5.21 Å². The molecule has 43 heavy (non-hydrogen) atoms. The Labute approximate surface area is 263 Å². The van der Waals surface area contributed by atoms with Gasteiger partial charge in [-0.1, -0.05) is 72.8 Å². The maximum absolute atomic E-state index is 10.9. The van der Waals surface area contributed by atoms with Crippen LogP contribution in [0.3, 0.4) is 0 Å². The molecule has 13 heteroatoms. The maximum atomic E-state index is 10.9. The van der Waals surface area contributed by atoms with Crippen molar-refractivity contribution in [2.75, 3.05) is 36.3 Å². The molecule has 0 fully saturated rings. The molecule has 0 aliphatic heterocycles. The van der Waals surface area contributed by atoms with Gasteiger partial charge in [-0.25, -0.2) is 5.06 Å². The molecule has 0 bridgehead atoms. The summed E-state index contributed by atoms with van der Waals surface area (Å²) in [6.45, 7) is 0. The first kappa shape index (κ1) is 37.1. The van der Waals surface area contributed by atoms with E-state index < -0.39 is 7.26 Å². The second-order valence-corrected chi connectivity index (χ2v) is 12.2. The molecule has 0 amide bonds. The third kappa shape index (κ3) is 8.58. The molecule has 0 aliphatic rings. The largest absolute Gasteiger partial charge is 2.00 e. The van der Waals surface area contributed by atoms with Gasteiger partial charge in [0.05, 0.1) is 0 Å². The predicted octanol–water partition coefficient (Wildman–Crippen LogP) is 3.63. The summed E-state index contributed by atoms with van der Waals surface area (Å²) < 4.78 is 0. The first-order valence-corrected chi connectivity index (χ1v) is 14.2. The van der Waals surface area contributed by atoms with Crippen molar-refractivity contribution in [2.45, 2.75) is 0 Å². The fourth-order valence-electron chi connectivity index (χ4n) is 4.27. The molecule has 11 nitrogen and oxygen atoms in total. The van der Waals surface area contributed by atoms with E-state index in [-0.39, 0.29) is 47.4 Å². The van der Waals surface area contributed by atoms with Gasteiger partial charge in [0.1, 0.15) is 28.5 Å². The maximum Gasteiger partial charge on any atom is 0.255 e. The zero-order valence-electron chi connectivity index (χ0n) is 23.7. The number of aromatic nitrogens is 3. The molecule has 0 unspecified atom stereocenters. The third-order valence-electron chi connectivity index (χ3n) is 6.03. The van der Waals surface area contributed by atoms with Crippen LogP contribution in [0.2, 0.25) is 0 Å². The van der Waals surface area contributed by atoms with E-state index >= 15 is 0 Å². The van der Waals surface area contributed by atoms with Crippen LogP contribution in [0.5, 0.6) is 0 Å². The number of benzene rings is 4. The van der Waals surface area contributed by atoms with Gasteiger partial charge in [0, 0.05) is 25.6 Å². The van der Waals surface area contributed by atoms with E-state index in [1.165, 1.54) is 42.4 Å². The summed E-state index contributed by atoms with van der Waals surface area (Å²) in [5.41, 5.74) is 0. The van der Waals surface area contributed by atoms with Crippen LogP contribution in [-0.4, -0.2) is 41.3 Å². The van der Waals surface area contributed by atoms with Gasteiger partial charge in [-0.15, -0.1) is 0 Å². The van der Waals surface area contributed by atoms with Crippen LogP contribution >= 0.6 is 7.26 Å². The van der Waals surface area contributed by atoms with Crippen LogP contribution in [0, 0.1) is 10.4 Å². The van der Waals surface area contributed by atoms with E-state index in [9.17, 15) is 10.4 Å². The summed E-state index contributed by atoms with van der Waals surface area (Å²) in [7, 11) is 1.70. The smallest absolute Gasteiger partial charge is 0.255 e. The Morgan fingerprint density at radius 1 is 0.488 bits per heavy atom. The predicted molar refractivity (Wildman–Crippen MR) is 166 cm³/mol. The Morgan fingerprint density at radius 2 is 0.721 bits per heavy atom. The third-order valence-corrected chi connectivity index (χ3v) is 10.3. The SMILES string of the molecule is CN([O-])c1nc(N(C)[O-])nc(N(C)O)n1.[O-2].[O-2].[V].c1ccc([P+](c2ccccc2)(c2ccccc2)c2ccccc2)cc1. The summed E-state index contributed by atoms with van der Waals surface area (Å²) in [6.07, 6.45) is 0. The van der Waals surface area contributed by atoms with E-state index in [1.807, 2.05) is 0 Å². The van der Waals surface area contributed by atoms with Crippen molar-refractivity contribution in [3.05, 3.63) is 132 Å². The summed E-state index contributed by atoms with van der Waals surface area (Å²) in [5.74, 6) is -0.683. The van der Waals surface area contributed by atoms with Gasteiger partial charge < -0.3 is 31.5 Å². The van der Waals surface area contributed by atoms with E-state index in [1.54, 1.807) is 0 Å². The number of hydroxylamine groups is 3. The summed E-state index contributed by atoms with van der Waals surface area (Å²) in [6, 6.07) is 43.8. The van der Waals surface area contributed by atoms with Crippen LogP contribution in [0.25, 0.3) is 0 Å². The molecule has 0 saturated heterocycles. The van der Waals surface area contributed by atoms with Gasteiger partial charge in [0.2, 0.25) is 11.9 Å². The zero-order valence-corrected chi connectivity index (χ0v) is 26.0. The number of anilines is 3. The summed E-state index contributed by atoms with van der Waals surface area (Å²) in [5, 5.41) is 37.8. The van der Waals surface area contributed by atoms with Crippen molar-refractivity contribution in [1.82, 2.24) is 15.0 Å². The Bertz CT molecular complexity index is 1260. The molecular formula is C30H30N6O5PV-5. The van der Waals surface area contributed by atoms with Crippen molar-refractivity contribution < 1.29 is 34.7 Å². The van der Waals surface area contributed by atoms with Crippen molar-refractivity contribution in [3.8, 4) is 0 Å². The monoisotopic (exact) mass is 636 g/mol. The van der Waals surface area contributed by atoms with Crippen LogP contribution in [0.4, 0.5) is 17.8 Å². The van der Waals surface area contributed by atoms with E-state index in [0.717, 1.165) is 0 Å². The molecule has 0 spiro atoms. The van der Waals surface area contributed by atoms with Crippen LogP contribution in [0.1, 0.15) is 0 Å². The molecule has 4 aromatic carbocycles. The number of hydrogen-bond donors (Lipinski definition) is 1. The molecule has 1 N–H and O–H groups in total. The van der Waals surface area contributed by atoms with Gasteiger partial charge in [-0.05, 0) is 62.6 Å². The van der Waals surface area contributed by atoms with Crippen molar-refractivity contribution in [3.63, 3.8) is 0 Å². The second-order valence-electron chi connectivity index (χ2n) is 8.77. The minimum atomic E-state index is -1.91. The molecule has 0 aliphatic carbocycles. The van der Waals surface area contributed by atoms with Crippen LogP contribution in [-0.2, 0) is 29.5 Å². The Kier molecular flexibility index (Phi) is 14.9. The number of nitrogens with zero attached hydrogens (tertiary/aromatic N) is 6. The normalized spacial score (nSPS) is 10.0. The topological polar surface area (TPSA) is 172 Å².